The van der Waals surface area contributed by atoms with E-state index in [-0.39, 0.29) is 23.6 Å². The van der Waals surface area contributed by atoms with Crippen molar-refractivity contribution in [2.45, 2.75) is 19.3 Å². The molecule has 1 fully saturated rings. The summed E-state index contributed by atoms with van der Waals surface area (Å²) in [7, 11) is 0. The molecule has 106 valence electrons. The van der Waals surface area contributed by atoms with Gasteiger partial charge in [0.1, 0.15) is 5.69 Å². The van der Waals surface area contributed by atoms with Gasteiger partial charge in [-0.25, -0.2) is 8.78 Å². The first-order valence-corrected chi connectivity index (χ1v) is 6.37. The number of hydrogen-bond donors (Lipinski definition) is 1. The van der Waals surface area contributed by atoms with Crippen LogP contribution in [0.4, 0.5) is 14.5 Å². The van der Waals surface area contributed by atoms with Crippen molar-refractivity contribution in [3.8, 4) is 6.07 Å². The molecule has 0 aromatic heterocycles. The molecule has 1 aliphatic heterocycles. The maximum absolute atomic E-state index is 13.9. The summed E-state index contributed by atoms with van der Waals surface area (Å²) in [6.45, 7) is 0.928. The van der Waals surface area contributed by atoms with Crippen LogP contribution in [-0.4, -0.2) is 24.2 Å². The minimum Gasteiger partial charge on any atom is -0.481 e. The molecule has 1 N–H and O–H groups in total. The van der Waals surface area contributed by atoms with Crippen LogP contribution in [0, 0.1) is 28.9 Å². The summed E-state index contributed by atoms with van der Waals surface area (Å²) < 4.78 is 27.7. The molecule has 20 heavy (non-hydrogen) atoms. The lowest BCUT2D eigenvalue weighted by Crippen LogP contribution is -2.22. The number of nitrogens with zero attached hydrogens (tertiary/aromatic N) is 2. The summed E-state index contributed by atoms with van der Waals surface area (Å²) >= 11 is 0. The Morgan fingerprint density at radius 1 is 1.45 bits per heavy atom. The highest BCUT2D eigenvalue weighted by Crippen LogP contribution is 2.31. The first kappa shape index (κ1) is 14.3. The van der Waals surface area contributed by atoms with E-state index in [9.17, 15) is 13.6 Å². The van der Waals surface area contributed by atoms with Crippen molar-refractivity contribution < 1.29 is 18.7 Å². The van der Waals surface area contributed by atoms with Crippen molar-refractivity contribution in [3.05, 3.63) is 29.3 Å². The highest BCUT2D eigenvalue weighted by atomic mass is 19.1. The van der Waals surface area contributed by atoms with Crippen LogP contribution in [0.1, 0.15) is 24.8 Å². The van der Waals surface area contributed by atoms with Crippen molar-refractivity contribution in [3.63, 3.8) is 0 Å². The average Bonchev–Trinajstić information content (AvgIpc) is 2.84. The van der Waals surface area contributed by atoms with E-state index in [1.165, 1.54) is 0 Å². The fourth-order valence-electron chi connectivity index (χ4n) is 2.53. The zero-order chi connectivity index (χ0) is 14.7. The van der Waals surface area contributed by atoms with Crippen molar-refractivity contribution in [2.24, 2.45) is 5.92 Å². The fourth-order valence-corrected chi connectivity index (χ4v) is 2.53. The number of benzene rings is 1. The third kappa shape index (κ3) is 3.05. The minimum absolute atomic E-state index is 0.0506. The highest BCUT2D eigenvalue weighted by molar-refractivity contribution is 5.66. The maximum atomic E-state index is 13.9. The van der Waals surface area contributed by atoms with Crippen LogP contribution < -0.4 is 4.90 Å². The van der Waals surface area contributed by atoms with Crippen molar-refractivity contribution in [1.82, 2.24) is 0 Å². The highest BCUT2D eigenvalue weighted by Gasteiger charge is 2.27. The molecule has 4 nitrogen and oxygen atoms in total. The standard InChI is InChI=1S/C14H14F2N2O2/c15-11-5-10(7-17)6-12(16)14(11)18-4-3-9(8-18)1-2-13(19)20/h5-6,9H,1-4,8H2,(H,19,20). The molecule has 1 aromatic rings. The number of carboxylic acids is 1. The molecule has 0 saturated carbocycles. The Kier molecular flexibility index (Phi) is 4.18. The Labute approximate surface area is 115 Å². The van der Waals surface area contributed by atoms with Crippen LogP contribution in [0.25, 0.3) is 0 Å². The van der Waals surface area contributed by atoms with Gasteiger partial charge in [0.05, 0.1) is 11.6 Å². The van der Waals surface area contributed by atoms with Crippen molar-refractivity contribution in [1.29, 1.82) is 5.26 Å². The van der Waals surface area contributed by atoms with Gasteiger partial charge in [0.25, 0.3) is 0 Å². The predicted molar refractivity (Wildman–Crippen MR) is 68.3 cm³/mol. The Morgan fingerprint density at radius 2 is 2.10 bits per heavy atom. The van der Waals surface area contributed by atoms with Gasteiger partial charge in [-0.15, -0.1) is 0 Å². The third-order valence-electron chi connectivity index (χ3n) is 3.51. The SMILES string of the molecule is N#Cc1cc(F)c(N2CCC(CCC(=O)O)C2)c(F)c1. The summed E-state index contributed by atoms with van der Waals surface area (Å²) in [6, 6.07) is 3.74. The summed E-state index contributed by atoms with van der Waals surface area (Å²) in [4.78, 5) is 12.1. The van der Waals surface area contributed by atoms with Crippen LogP contribution in [0.5, 0.6) is 0 Å². The van der Waals surface area contributed by atoms with Crippen LogP contribution in [-0.2, 0) is 4.79 Å². The Bertz CT molecular complexity index is 546. The smallest absolute Gasteiger partial charge is 0.303 e. The number of rotatable bonds is 4. The molecule has 1 heterocycles. The van der Waals surface area contributed by atoms with Gasteiger partial charge in [0.2, 0.25) is 0 Å². The number of carboxylic acid groups (broad SMARTS) is 1. The van der Waals surface area contributed by atoms with E-state index in [0.717, 1.165) is 12.1 Å². The molecule has 1 aromatic carbocycles. The second-order valence-corrected chi connectivity index (χ2v) is 4.93. The summed E-state index contributed by atoms with van der Waals surface area (Å²) in [5, 5.41) is 17.3. The average molecular weight is 280 g/mol. The molecule has 0 amide bonds. The predicted octanol–water partition coefficient (Wildman–Crippen LogP) is 2.53. The topological polar surface area (TPSA) is 64.3 Å². The van der Waals surface area contributed by atoms with Gasteiger partial charge >= 0.3 is 5.97 Å². The lowest BCUT2D eigenvalue weighted by molar-refractivity contribution is -0.137. The van der Waals surface area contributed by atoms with Gasteiger partial charge < -0.3 is 10.0 Å². The van der Waals surface area contributed by atoms with E-state index in [1.54, 1.807) is 11.0 Å². The number of nitriles is 1. The Balaban J connectivity index is 2.10. The molecule has 1 saturated heterocycles. The first-order chi connectivity index (χ1) is 9.51. The molecular weight excluding hydrogens is 266 g/mol. The molecule has 1 aliphatic rings. The summed E-state index contributed by atoms with van der Waals surface area (Å²) in [5.41, 5.74) is -0.174. The van der Waals surface area contributed by atoms with Crippen molar-refractivity contribution in [2.75, 3.05) is 18.0 Å². The zero-order valence-corrected chi connectivity index (χ0v) is 10.8. The van der Waals surface area contributed by atoms with Gasteiger partial charge in [-0.1, -0.05) is 0 Å². The number of hydrogen-bond acceptors (Lipinski definition) is 3. The van der Waals surface area contributed by atoms with E-state index in [0.29, 0.717) is 25.9 Å². The fraction of sp³-hybridized carbons (Fsp3) is 0.429. The first-order valence-electron chi connectivity index (χ1n) is 6.37. The lowest BCUT2D eigenvalue weighted by Gasteiger charge is -2.20. The summed E-state index contributed by atoms with van der Waals surface area (Å²) in [5.74, 6) is -2.24. The van der Waals surface area contributed by atoms with E-state index in [4.69, 9.17) is 10.4 Å². The minimum atomic E-state index is -0.862. The zero-order valence-electron chi connectivity index (χ0n) is 10.8. The van der Waals surface area contributed by atoms with E-state index >= 15 is 0 Å². The Morgan fingerprint density at radius 3 is 2.65 bits per heavy atom. The van der Waals surface area contributed by atoms with Crippen LogP contribution in [0.15, 0.2) is 12.1 Å². The van der Waals surface area contributed by atoms with Crippen LogP contribution >= 0.6 is 0 Å². The number of carbonyl (C=O) groups is 1. The maximum Gasteiger partial charge on any atom is 0.303 e. The summed E-state index contributed by atoms with van der Waals surface area (Å²) in [6.07, 6.45) is 1.29. The van der Waals surface area contributed by atoms with E-state index in [1.807, 2.05) is 0 Å². The molecule has 1 atom stereocenters. The van der Waals surface area contributed by atoms with Crippen molar-refractivity contribution >= 4 is 11.7 Å². The molecule has 2 rings (SSSR count). The second-order valence-electron chi connectivity index (χ2n) is 4.93. The number of halogens is 2. The third-order valence-corrected chi connectivity index (χ3v) is 3.51. The second kappa shape index (κ2) is 5.87. The quantitative estimate of drug-likeness (QED) is 0.920. The monoisotopic (exact) mass is 280 g/mol. The lowest BCUT2D eigenvalue weighted by atomic mass is 10.0. The molecule has 0 bridgehead atoms. The number of anilines is 1. The molecular formula is C14H14F2N2O2. The van der Waals surface area contributed by atoms with Gasteiger partial charge in [0.15, 0.2) is 11.6 Å². The Hall–Kier alpha value is -2.16. The number of aliphatic carboxylic acids is 1. The van der Waals surface area contributed by atoms with Crippen LogP contribution in [0.2, 0.25) is 0 Å². The van der Waals surface area contributed by atoms with Gasteiger partial charge in [-0.2, -0.15) is 5.26 Å². The molecule has 0 radical (unpaired) electrons. The van der Waals surface area contributed by atoms with E-state index < -0.39 is 17.6 Å². The van der Waals surface area contributed by atoms with Gasteiger partial charge in [-0.3, -0.25) is 4.79 Å². The van der Waals surface area contributed by atoms with Crippen LogP contribution in [0.3, 0.4) is 0 Å². The van der Waals surface area contributed by atoms with E-state index in [2.05, 4.69) is 0 Å². The molecule has 0 spiro atoms. The van der Waals surface area contributed by atoms with Gasteiger partial charge in [-0.05, 0) is 30.9 Å². The molecule has 6 heteroatoms. The molecule has 1 unspecified atom stereocenters. The largest absolute Gasteiger partial charge is 0.481 e. The normalized spacial score (nSPS) is 18.1. The molecule has 0 aliphatic carbocycles. The van der Waals surface area contributed by atoms with Gasteiger partial charge in [0, 0.05) is 19.5 Å².